The fraction of sp³-hybridized carbons (Fsp3) is 0.350. The second kappa shape index (κ2) is 7.90. The molecule has 0 bridgehead atoms. The van der Waals surface area contributed by atoms with Gasteiger partial charge in [0.15, 0.2) is 0 Å². The SMILES string of the molecule is Cc1cccc(N2CCN(C(=O)CNc3cccc(C(F)(F)F)c3)CC2)c1. The van der Waals surface area contributed by atoms with Gasteiger partial charge in [0.25, 0.3) is 0 Å². The van der Waals surface area contributed by atoms with E-state index in [2.05, 4.69) is 22.3 Å². The average molecular weight is 377 g/mol. The lowest BCUT2D eigenvalue weighted by atomic mass is 10.2. The van der Waals surface area contributed by atoms with Crippen LogP contribution in [-0.2, 0) is 11.0 Å². The van der Waals surface area contributed by atoms with E-state index in [1.807, 2.05) is 19.1 Å². The Hall–Kier alpha value is -2.70. The van der Waals surface area contributed by atoms with Gasteiger partial charge in [0.05, 0.1) is 12.1 Å². The topological polar surface area (TPSA) is 35.6 Å². The van der Waals surface area contributed by atoms with Gasteiger partial charge in [-0.3, -0.25) is 4.79 Å². The highest BCUT2D eigenvalue weighted by Gasteiger charge is 2.30. The number of carbonyl (C=O) groups is 1. The van der Waals surface area contributed by atoms with Crippen molar-refractivity contribution in [3.05, 3.63) is 59.7 Å². The Labute approximate surface area is 156 Å². The zero-order valence-electron chi connectivity index (χ0n) is 15.1. The van der Waals surface area contributed by atoms with Crippen molar-refractivity contribution in [2.24, 2.45) is 0 Å². The van der Waals surface area contributed by atoms with Crippen LogP contribution in [0.25, 0.3) is 0 Å². The number of rotatable bonds is 4. The first kappa shape index (κ1) is 19.1. The summed E-state index contributed by atoms with van der Waals surface area (Å²) < 4.78 is 38.3. The Kier molecular flexibility index (Phi) is 5.58. The van der Waals surface area contributed by atoms with Gasteiger partial charge in [-0.25, -0.2) is 0 Å². The molecule has 0 atom stereocenters. The van der Waals surface area contributed by atoms with Crippen molar-refractivity contribution in [1.29, 1.82) is 0 Å². The lowest BCUT2D eigenvalue weighted by Crippen LogP contribution is -2.50. The fourth-order valence-electron chi connectivity index (χ4n) is 3.13. The summed E-state index contributed by atoms with van der Waals surface area (Å²) in [4.78, 5) is 16.3. The molecule has 3 rings (SSSR count). The van der Waals surface area contributed by atoms with Gasteiger partial charge in [-0.05, 0) is 42.8 Å². The van der Waals surface area contributed by atoms with E-state index in [-0.39, 0.29) is 18.1 Å². The maximum absolute atomic E-state index is 12.8. The number of hydrogen-bond acceptors (Lipinski definition) is 3. The normalized spacial score (nSPS) is 15.0. The van der Waals surface area contributed by atoms with Gasteiger partial charge in [-0.2, -0.15) is 13.2 Å². The number of aryl methyl sites for hydroxylation is 1. The Morgan fingerprint density at radius 3 is 2.41 bits per heavy atom. The van der Waals surface area contributed by atoms with Crippen LogP contribution in [0.4, 0.5) is 24.5 Å². The van der Waals surface area contributed by atoms with E-state index in [4.69, 9.17) is 0 Å². The standard InChI is InChI=1S/C20H22F3N3O/c1-15-4-2-7-18(12-15)25-8-10-26(11-9-25)19(27)14-24-17-6-3-5-16(13-17)20(21,22)23/h2-7,12-13,24H,8-11,14H2,1H3. The van der Waals surface area contributed by atoms with Crippen molar-refractivity contribution in [2.75, 3.05) is 42.9 Å². The molecule has 1 N–H and O–H groups in total. The molecule has 2 aromatic carbocycles. The number of hydrogen-bond donors (Lipinski definition) is 1. The van der Waals surface area contributed by atoms with Crippen LogP contribution < -0.4 is 10.2 Å². The van der Waals surface area contributed by atoms with Crippen LogP contribution in [0.2, 0.25) is 0 Å². The molecule has 0 aromatic heterocycles. The summed E-state index contributed by atoms with van der Waals surface area (Å²) in [5.74, 6) is -0.115. The van der Waals surface area contributed by atoms with Crippen LogP contribution in [0.3, 0.4) is 0 Å². The molecule has 0 spiro atoms. The predicted octanol–water partition coefficient (Wildman–Crippen LogP) is 3.77. The summed E-state index contributed by atoms with van der Waals surface area (Å²) in [6, 6.07) is 13.1. The maximum Gasteiger partial charge on any atom is 0.416 e. The molecule has 1 aliphatic rings. The van der Waals surface area contributed by atoms with E-state index < -0.39 is 11.7 Å². The molecule has 1 aliphatic heterocycles. The summed E-state index contributed by atoms with van der Waals surface area (Å²) in [5.41, 5.74) is 1.89. The Morgan fingerprint density at radius 1 is 1.04 bits per heavy atom. The number of carbonyl (C=O) groups excluding carboxylic acids is 1. The van der Waals surface area contributed by atoms with Crippen LogP contribution in [0.15, 0.2) is 48.5 Å². The van der Waals surface area contributed by atoms with Crippen LogP contribution >= 0.6 is 0 Å². The summed E-state index contributed by atoms with van der Waals surface area (Å²) >= 11 is 0. The molecule has 0 aliphatic carbocycles. The quantitative estimate of drug-likeness (QED) is 0.881. The van der Waals surface area contributed by atoms with Crippen LogP contribution in [0.1, 0.15) is 11.1 Å². The average Bonchev–Trinajstić information content (AvgIpc) is 2.66. The van der Waals surface area contributed by atoms with E-state index in [0.29, 0.717) is 13.1 Å². The van der Waals surface area contributed by atoms with Gasteiger partial charge >= 0.3 is 6.18 Å². The number of piperazine rings is 1. The Balaban J connectivity index is 1.51. The number of nitrogens with one attached hydrogen (secondary N) is 1. The first-order valence-corrected chi connectivity index (χ1v) is 8.83. The molecule has 1 fully saturated rings. The molecule has 2 aromatic rings. The molecule has 0 saturated carbocycles. The lowest BCUT2D eigenvalue weighted by molar-refractivity contribution is -0.137. The zero-order chi connectivity index (χ0) is 19.4. The van der Waals surface area contributed by atoms with E-state index in [9.17, 15) is 18.0 Å². The van der Waals surface area contributed by atoms with Crippen molar-refractivity contribution in [1.82, 2.24) is 4.90 Å². The lowest BCUT2D eigenvalue weighted by Gasteiger charge is -2.36. The molecule has 7 heteroatoms. The second-order valence-corrected chi connectivity index (χ2v) is 6.64. The van der Waals surface area contributed by atoms with Crippen molar-refractivity contribution in [3.8, 4) is 0 Å². The van der Waals surface area contributed by atoms with Crippen molar-refractivity contribution < 1.29 is 18.0 Å². The molecule has 0 radical (unpaired) electrons. The minimum atomic E-state index is -4.40. The molecule has 0 unspecified atom stereocenters. The van der Waals surface area contributed by atoms with Crippen LogP contribution in [0.5, 0.6) is 0 Å². The molecule has 1 heterocycles. The first-order chi connectivity index (χ1) is 12.8. The van der Waals surface area contributed by atoms with Gasteiger partial charge in [0.2, 0.25) is 5.91 Å². The largest absolute Gasteiger partial charge is 0.416 e. The maximum atomic E-state index is 12.8. The molecule has 144 valence electrons. The molecular formula is C20H22F3N3O. The Bertz CT molecular complexity index is 799. The Morgan fingerprint density at radius 2 is 1.74 bits per heavy atom. The fourth-order valence-corrected chi connectivity index (χ4v) is 3.13. The van der Waals surface area contributed by atoms with Crippen molar-refractivity contribution in [3.63, 3.8) is 0 Å². The summed E-state index contributed by atoms with van der Waals surface area (Å²) in [6.07, 6.45) is -4.40. The monoisotopic (exact) mass is 377 g/mol. The number of alkyl halides is 3. The highest BCUT2D eigenvalue weighted by molar-refractivity contribution is 5.81. The smallest absolute Gasteiger partial charge is 0.376 e. The van der Waals surface area contributed by atoms with E-state index in [1.54, 1.807) is 4.90 Å². The van der Waals surface area contributed by atoms with Gasteiger partial charge < -0.3 is 15.1 Å². The summed E-state index contributed by atoms with van der Waals surface area (Å²) in [5, 5.41) is 2.80. The number of nitrogens with zero attached hydrogens (tertiary/aromatic N) is 2. The molecule has 27 heavy (non-hydrogen) atoms. The second-order valence-electron chi connectivity index (χ2n) is 6.64. The highest BCUT2D eigenvalue weighted by Crippen LogP contribution is 2.30. The number of benzene rings is 2. The van der Waals surface area contributed by atoms with Crippen LogP contribution in [0, 0.1) is 6.92 Å². The minimum absolute atomic E-state index is 0.0221. The van der Waals surface area contributed by atoms with Crippen molar-refractivity contribution >= 4 is 17.3 Å². The van der Waals surface area contributed by atoms with Gasteiger partial charge in [-0.15, -0.1) is 0 Å². The first-order valence-electron chi connectivity index (χ1n) is 8.83. The number of amides is 1. The molecule has 1 amide bonds. The van der Waals surface area contributed by atoms with E-state index in [1.165, 1.54) is 17.7 Å². The van der Waals surface area contributed by atoms with Gasteiger partial charge in [0.1, 0.15) is 0 Å². The third-order valence-corrected chi connectivity index (χ3v) is 4.63. The predicted molar refractivity (Wildman–Crippen MR) is 99.9 cm³/mol. The summed E-state index contributed by atoms with van der Waals surface area (Å²) in [6.45, 7) is 4.68. The highest BCUT2D eigenvalue weighted by atomic mass is 19.4. The van der Waals surface area contributed by atoms with Gasteiger partial charge in [0, 0.05) is 37.6 Å². The number of anilines is 2. The van der Waals surface area contributed by atoms with E-state index >= 15 is 0 Å². The zero-order valence-corrected chi connectivity index (χ0v) is 15.1. The molecule has 1 saturated heterocycles. The van der Waals surface area contributed by atoms with E-state index in [0.717, 1.165) is 30.9 Å². The van der Waals surface area contributed by atoms with Crippen molar-refractivity contribution in [2.45, 2.75) is 13.1 Å². The summed E-state index contributed by atoms with van der Waals surface area (Å²) in [7, 11) is 0. The molecular weight excluding hydrogens is 355 g/mol. The van der Waals surface area contributed by atoms with Gasteiger partial charge in [-0.1, -0.05) is 18.2 Å². The van der Waals surface area contributed by atoms with Crippen LogP contribution in [-0.4, -0.2) is 43.5 Å². The number of halogens is 3. The third kappa shape index (κ3) is 4.93. The molecule has 4 nitrogen and oxygen atoms in total. The third-order valence-electron chi connectivity index (χ3n) is 4.63. The minimum Gasteiger partial charge on any atom is -0.376 e.